The van der Waals surface area contributed by atoms with Gasteiger partial charge in [-0.3, -0.25) is 14.5 Å². The van der Waals surface area contributed by atoms with Gasteiger partial charge in [0.1, 0.15) is 0 Å². The first-order chi connectivity index (χ1) is 11.0. The summed E-state index contributed by atoms with van der Waals surface area (Å²) >= 11 is 0. The first-order valence-electron chi connectivity index (χ1n) is 8.45. The quantitative estimate of drug-likeness (QED) is 0.914. The lowest BCUT2D eigenvalue weighted by Crippen LogP contribution is -2.55. The van der Waals surface area contributed by atoms with Gasteiger partial charge in [0.15, 0.2) is 0 Å². The zero-order valence-electron chi connectivity index (χ0n) is 13.9. The van der Waals surface area contributed by atoms with Gasteiger partial charge in [0.05, 0.1) is 6.04 Å². The third kappa shape index (κ3) is 3.91. The molecule has 1 aromatic rings. The normalized spacial score (nSPS) is 20.2. The van der Waals surface area contributed by atoms with Gasteiger partial charge in [0, 0.05) is 37.8 Å². The van der Waals surface area contributed by atoms with Crippen LogP contribution in [0.2, 0.25) is 0 Å². The largest absolute Gasteiger partial charge is 0.352 e. The number of hydrogen-bond acceptors (Lipinski definition) is 3. The highest BCUT2D eigenvalue weighted by molar-refractivity contribution is 5.94. The van der Waals surface area contributed by atoms with Gasteiger partial charge in [-0.25, -0.2) is 0 Å². The molecule has 1 aromatic carbocycles. The van der Waals surface area contributed by atoms with Gasteiger partial charge < -0.3 is 10.2 Å². The summed E-state index contributed by atoms with van der Waals surface area (Å²) in [5, 5.41) is 3.06. The second kappa shape index (κ2) is 6.71. The molecule has 1 saturated heterocycles. The van der Waals surface area contributed by atoms with E-state index in [4.69, 9.17) is 0 Å². The molecule has 1 saturated carbocycles. The van der Waals surface area contributed by atoms with Crippen LogP contribution in [0.1, 0.15) is 35.7 Å². The maximum Gasteiger partial charge on any atom is 0.253 e. The highest BCUT2D eigenvalue weighted by atomic mass is 16.2. The second-order valence-electron chi connectivity index (χ2n) is 6.66. The highest BCUT2D eigenvalue weighted by Crippen LogP contribution is 2.19. The van der Waals surface area contributed by atoms with Crippen LogP contribution in [-0.2, 0) is 4.79 Å². The second-order valence-corrected chi connectivity index (χ2v) is 6.66. The van der Waals surface area contributed by atoms with E-state index in [0.717, 1.165) is 37.1 Å². The van der Waals surface area contributed by atoms with Crippen molar-refractivity contribution in [3.05, 3.63) is 35.4 Å². The Morgan fingerprint density at radius 3 is 2.48 bits per heavy atom. The summed E-state index contributed by atoms with van der Waals surface area (Å²) in [4.78, 5) is 28.7. The highest BCUT2D eigenvalue weighted by Gasteiger charge is 2.31. The summed E-state index contributed by atoms with van der Waals surface area (Å²) < 4.78 is 0. The van der Waals surface area contributed by atoms with E-state index in [1.54, 1.807) is 0 Å². The molecule has 1 heterocycles. The van der Waals surface area contributed by atoms with E-state index in [0.29, 0.717) is 19.1 Å². The fraction of sp³-hybridized carbons (Fsp3) is 0.556. The molecule has 1 atom stereocenters. The van der Waals surface area contributed by atoms with Gasteiger partial charge in [0.25, 0.3) is 5.91 Å². The Balaban J connectivity index is 1.53. The summed E-state index contributed by atoms with van der Waals surface area (Å²) in [6, 6.07) is 7.99. The lowest BCUT2D eigenvalue weighted by Gasteiger charge is -2.37. The van der Waals surface area contributed by atoms with E-state index in [1.807, 2.05) is 43.0 Å². The molecule has 0 bridgehead atoms. The number of amides is 2. The maximum atomic E-state index is 12.5. The van der Waals surface area contributed by atoms with Crippen LogP contribution < -0.4 is 5.32 Å². The summed E-state index contributed by atoms with van der Waals surface area (Å²) in [5.74, 6) is 0.203. The number of piperazine rings is 1. The van der Waals surface area contributed by atoms with Crippen LogP contribution in [0.25, 0.3) is 0 Å². The lowest BCUT2D eigenvalue weighted by atomic mass is 10.1. The van der Waals surface area contributed by atoms with Crippen molar-refractivity contribution in [2.75, 3.05) is 26.2 Å². The van der Waals surface area contributed by atoms with E-state index in [-0.39, 0.29) is 17.9 Å². The minimum absolute atomic E-state index is 0.0865. The predicted molar refractivity (Wildman–Crippen MR) is 89.3 cm³/mol. The van der Waals surface area contributed by atoms with Crippen LogP contribution in [0.5, 0.6) is 0 Å². The van der Waals surface area contributed by atoms with E-state index in [1.165, 1.54) is 0 Å². The monoisotopic (exact) mass is 315 g/mol. The Labute approximate surface area is 137 Å². The van der Waals surface area contributed by atoms with Crippen molar-refractivity contribution in [3.63, 3.8) is 0 Å². The fourth-order valence-electron chi connectivity index (χ4n) is 2.99. The topological polar surface area (TPSA) is 52.7 Å². The SMILES string of the molecule is Cc1cccc(C(=O)N2CCN(C(C)C(=O)NC3CC3)CC2)c1. The zero-order valence-corrected chi connectivity index (χ0v) is 13.9. The maximum absolute atomic E-state index is 12.5. The molecule has 2 amide bonds. The van der Waals surface area contributed by atoms with Crippen molar-refractivity contribution in [3.8, 4) is 0 Å². The number of rotatable bonds is 4. The molecule has 2 fully saturated rings. The smallest absolute Gasteiger partial charge is 0.253 e. The van der Waals surface area contributed by atoms with Crippen molar-refractivity contribution >= 4 is 11.8 Å². The Bertz CT molecular complexity index is 590. The van der Waals surface area contributed by atoms with Gasteiger partial charge in [-0.2, -0.15) is 0 Å². The zero-order chi connectivity index (χ0) is 16.4. The van der Waals surface area contributed by atoms with E-state index < -0.39 is 0 Å². The Kier molecular flexibility index (Phi) is 4.66. The molecular formula is C18H25N3O2. The molecule has 1 N–H and O–H groups in total. The first-order valence-corrected chi connectivity index (χ1v) is 8.45. The molecule has 23 heavy (non-hydrogen) atoms. The van der Waals surface area contributed by atoms with Crippen LogP contribution in [0.15, 0.2) is 24.3 Å². The average molecular weight is 315 g/mol. The number of hydrogen-bond donors (Lipinski definition) is 1. The standard InChI is InChI=1S/C18H25N3O2/c1-13-4-3-5-15(12-13)18(23)21-10-8-20(9-11-21)14(2)17(22)19-16-6-7-16/h3-5,12,14,16H,6-11H2,1-2H3,(H,19,22). The van der Waals surface area contributed by atoms with Crippen LogP contribution in [0, 0.1) is 6.92 Å². The van der Waals surface area contributed by atoms with Gasteiger partial charge in [-0.15, -0.1) is 0 Å². The van der Waals surface area contributed by atoms with Gasteiger partial charge in [0.2, 0.25) is 5.91 Å². The molecule has 5 heteroatoms. The molecule has 124 valence electrons. The molecule has 3 rings (SSSR count). The van der Waals surface area contributed by atoms with Crippen molar-refractivity contribution < 1.29 is 9.59 Å². The van der Waals surface area contributed by atoms with Crippen LogP contribution in [-0.4, -0.2) is 59.9 Å². The van der Waals surface area contributed by atoms with Crippen LogP contribution >= 0.6 is 0 Å². The Morgan fingerprint density at radius 2 is 1.87 bits per heavy atom. The van der Waals surface area contributed by atoms with Crippen molar-refractivity contribution in [2.24, 2.45) is 0 Å². The predicted octanol–water partition coefficient (Wildman–Crippen LogP) is 1.42. The summed E-state index contributed by atoms with van der Waals surface area (Å²) in [6.45, 7) is 6.79. The molecule has 5 nitrogen and oxygen atoms in total. The van der Waals surface area contributed by atoms with E-state index in [9.17, 15) is 9.59 Å². The van der Waals surface area contributed by atoms with Crippen LogP contribution in [0.4, 0.5) is 0 Å². The molecule has 0 aromatic heterocycles. The van der Waals surface area contributed by atoms with Gasteiger partial charge in [-0.05, 0) is 38.8 Å². The summed E-state index contributed by atoms with van der Waals surface area (Å²) in [5.41, 5.74) is 1.85. The molecule has 0 spiro atoms. The number of aryl methyl sites for hydroxylation is 1. The first kappa shape index (κ1) is 16.0. The van der Waals surface area contributed by atoms with E-state index >= 15 is 0 Å². The van der Waals surface area contributed by atoms with E-state index in [2.05, 4.69) is 10.2 Å². The molecular weight excluding hydrogens is 290 g/mol. The van der Waals surface area contributed by atoms with Crippen molar-refractivity contribution in [2.45, 2.75) is 38.8 Å². The third-order valence-corrected chi connectivity index (χ3v) is 4.72. The molecule has 1 aliphatic heterocycles. The van der Waals surface area contributed by atoms with Gasteiger partial charge >= 0.3 is 0 Å². The van der Waals surface area contributed by atoms with Crippen LogP contribution in [0.3, 0.4) is 0 Å². The fourth-order valence-corrected chi connectivity index (χ4v) is 2.99. The number of carbonyl (C=O) groups excluding carboxylic acids is 2. The summed E-state index contributed by atoms with van der Waals surface area (Å²) in [6.07, 6.45) is 2.22. The molecule has 1 aliphatic carbocycles. The van der Waals surface area contributed by atoms with Gasteiger partial charge in [-0.1, -0.05) is 17.7 Å². The summed E-state index contributed by atoms with van der Waals surface area (Å²) in [7, 11) is 0. The van der Waals surface area contributed by atoms with Crippen molar-refractivity contribution in [1.82, 2.24) is 15.1 Å². The lowest BCUT2D eigenvalue weighted by molar-refractivity contribution is -0.126. The number of carbonyl (C=O) groups is 2. The minimum atomic E-state index is -0.119. The average Bonchev–Trinajstić information content (AvgIpc) is 3.37. The molecule has 1 unspecified atom stereocenters. The minimum Gasteiger partial charge on any atom is -0.352 e. The molecule has 2 aliphatic rings. The number of nitrogens with zero attached hydrogens (tertiary/aromatic N) is 2. The number of nitrogens with one attached hydrogen (secondary N) is 1. The molecule has 0 radical (unpaired) electrons. The Morgan fingerprint density at radius 1 is 1.17 bits per heavy atom. The number of benzene rings is 1. The third-order valence-electron chi connectivity index (χ3n) is 4.72. The van der Waals surface area contributed by atoms with Crippen molar-refractivity contribution in [1.29, 1.82) is 0 Å². The Hall–Kier alpha value is -1.88.